The zero-order chi connectivity index (χ0) is 15.8. The molecule has 7 nitrogen and oxygen atoms in total. The Hall–Kier alpha value is -2.22. The fourth-order valence-corrected chi connectivity index (χ4v) is 1.15. The van der Waals surface area contributed by atoms with E-state index in [4.69, 9.17) is 5.53 Å². The third-order valence-corrected chi connectivity index (χ3v) is 2.02. The summed E-state index contributed by atoms with van der Waals surface area (Å²) in [6, 6.07) is -1.61. The number of alkyl halides is 3. The first-order chi connectivity index (χ1) is 9.22. The van der Waals surface area contributed by atoms with E-state index in [0.29, 0.717) is 6.21 Å². The van der Waals surface area contributed by atoms with Gasteiger partial charge < -0.3 is 15.6 Å². The first kappa shape index (κ1) is 17.8. The molecule has 0 bridgehead atoms. The van der Waals surface area contributed by atoms with Crippen molar-refractivity contribution in [3.63, 3.8) is 0 Å². The number of hydrogen-bond donors (Lipinski definition) is 1. The summed E-state index contributed by atoms with van der Waals surface area (Å²) in [5.74, 6) is -4.11. The van der Waals surface area contributed by atoms with Gasteiger partial charge in [0.05, 0.1) is 6.61 Å². The van der Waals surface area contributed by atoms with Gasteiger partial charge in [-0.05, 0) is 13.3 Å². The number of rotatable bonds is 7. The van der Waals surface area contributed by atoms with Crippen LogP contribution < -0.4 is 5.32 Å². The highest BCUT2D eigenvalue weighted by atomic mass is 19.4. The molecule has 0 radical (unpaired) electrons. The molecule has 0 spiro atoms. The maximum absolute atomic E-state index is 12.1. The standard InChI is InChI=1S/C10H12F3N3O4/c1-2-20-8(18)7(4-3-6(17)5-15-14)16-9(19)10(11,12)13/h5,7H,2-4H2,1H3,(H,16,19)/t7-/m0/s1. The molecule has 0 aromatic heterocycles. The Kier molecular flexibility index (Phi) is 7.16. The summed E-state index contributed by atoms with van der Waals surface area (Å²) >= 11 is 0. The van der Waals surface area contributed by atoms with Crippen molar-refractivity contribution in [1.82, 2.24) is 5.32 Å². The van der Waals surface area contributed by atoms with Crippen LogP contribution in [0.15, 0.2) is 0 Å². The predicted octanol–water partition coefficient (Wildman–Crippen LogP) is 0.246. The summed E-state index contributed by atoms with van der Waals surface area (Å²) in [5.41, 5.74) is 8.09. The van der Waals surface area contributed by atoms with Gasteiger partial charge in [-0.2, -0.15) is 18.0 Å². The average Bonchev–Trinajstić information content (AvgIpc) is 2.33. The van der Waals surface area contributed by atoms with E-state index in [1.54, 1.807) is 0 Å². The van der Waals surface area contributed by atoms with Crippen LogP contribution in [0.5, 0.6) is 0 Å². The lowest BCUT2D eigenvalue weighted by Crippen LogP contribution is -2.47. The first-order valence-electron chi connectivity index (χ1n) is 5.47. The minimum absolute atomic E-state index is 0.0940. The second-order valence-electron chi connectivity index (χ2n) is 3.53. The van der Waals surface area contributed by atoms with Crippen molar-refractivity contribution in [2.24, 2.45) is 0 Å². The normalized spacial score (nSPS) is 12.0. The summed E-state index contributed by atoms with van der Waals surface area (Å²) in [6.45, 7) is 1.34. The largest absolute Gasteiger partial charge is 0.471 e. The number of amides is 1. The Labute approximate surface area is 111 Å². The number of halogens is 3. The fraction of sp³-hybridized carbons (Fsp3) is 0.600. The topological polar surface area (TPSA) is 109 Å². The van der Waals surface area contributed by atoms with Crippen LogP contribution in [0.4, 0.5) is 13.2 Å². The van der Waals surface area contributed by atoms with Gasteiger partial charge in [0.25, 0.3) is 0 Å². The number of carbonyl (C=O) groups is 3. The molecule has 20 heavy (non-hydrogen) atoms. The van der Waals surface area contributed by atoms with Gasteiger partial charge in [-0.15, -0.1) is 0 Å². The molecule has 0 saturated carbocycles. The quantitative estimate of drug-likeness (QED) is 0.314. The van der Waals surface area contributed by atoms with Gasteiger partial charge in [0.15, 0.2) is 0 Å². The third-order valence-electron chi connectivity index (χ3n) is 2.02. The van der Waals surface area contributed by atoms with E-state index in [9.17, 15) is 27.6 Å². The molecule has 112 valence electrons. The zero-order valence-corrected chi connectivity index (χ0v) is 10.4. The molecule has 0 aromatic rings. The van der Waals surface area contributed by atoms with Crippen molar-refractivity contribution in [2.45, 2.75) is 32.0 Å². The van der Waals surface area contributed by atoms with Crippen molar-refractivity contribution in [3.05, 3.63) is 5.53 Å². The van der Waals surface area contributed by atoms with Crippen molar-refractivity contribution >= 4 is 23.9 Å². The average molecular weight is 295 g/mol. The molecule has 0 aliphatic carbocycles. The Balaban J connectivity index is 4.73. The van der Waals surface area contributed by atoms with Gasteiger partial charge >= 0.3 is 24.3 Å². The van der Waals surface area contributed by atoms with E-state index in [2.05, 4.69) is 9.53 Å². The molecule has 1 N–H and O–H groups in total. The Morgan fingerprint density at radius 3 is 2.45 bits per heavy atom. The molecule has 0 fully saturated rings. The van der Waals surface area contributed by atoms with E-state index < -0.39 is 42.7 Å². The van der Waals surface area contributed by atoms with E-state index in [0.717, 1.165) is 0 Å². The number of carbonyl (C=O) groups excluding carboxylic acids is 3. The second-order valence-corrected chi connectivity index (χ2v) is 3.53. The number of ether oxygens (including phenoxy) is 1. The molecule has 0 rings (SSSR count). The number of nitrogens with zero attached hydrogens (tertiary/aromatic N) is 2. The minimum atomic E-state index is -5.15. The molecule has 1 amide bonds. The van der Waals surface area contributed by atoms with Crippen molar-refractivity contribution in [1.29, 1.82) is 0 Å². The molecule has 0 aliphatic heterocycles. The summed E-state index contributed by atoms with van der Waals surface area (Å²) < 4.78 is 40.8. The van der Waals surface area contributed by atoms with E-state index >= 15 is 0 Å². The summed E-state index contributed by atoms with van der Waals surface area (Å²) in [6.07, 6.45) is -5.42. The smallest absolute Gasteiger partial charge is 0.464 e. The summed E-state index contributed by atoms with van der Waals surface area (Å²) in [4.78, 5) is 35.6. The molecule has 10 heteroatoms. The monoisotopic (exact) mass is 295 g/mol. The lowest BCUT2D eigenvalue weighted by Gasteiger charge is -2.17. The van der Waals surface area contributed by atoms with E-state index in [1.165, 1.54) is 12.2 Å². The van der Waals surface area contributed by atoms with Crippen LogP contribution in [-0.4, -0.2) is 47.5 Å². The van der Waals surface area contributed by atoms with Crippen molar-refractivity contribution in [3.8, 4) is 0 Å². The zero-order valence-electron chi connectivity index (χ0n) is 10.4. The number of esters is 1. The SMILES string of the molecule is CCOC(=O)[C@H](CCC(=O)C=[N+]=[N-])NC(=O)C(F)(F)F. The molecule has 0 aliphatic rings. The second kappa shape index (κ2) is 8.05. The van der Waals surface area contributed by atoms with Crippen molar-refractivity contribution < 1.29 is 37.1 Å². The lowest BCUT2D eigenvalue weighted by atomic mass is 10.1. The molecule has 0 heterocycles. The molecular weight excluding hydrogens is 283 g/mol. The maximum atomic E-state index is 12.1. The highest BCUT2D eigenvalue weighted by molar-refractivity contribution is 6.25. The summed E-state index contributed by atoms with van der Waals surface area (Å²) in [7, 11) is 0. The van der Waals surface area contributed by atoms with Crippen LogP contribution in [0.3, 0.4) is 0 Å². The van der Waals surface area contributed by atoms with Crippen LogP contribution >= 0.6 is 0 Å². The van der Waals surface area contributed by atoms with E-state index in [1.807, 2.05) is 0 Å². The van der Waals surface area contributed by atoms with Crippen molar-refractivity contribution in [2.75, 3.05) is 6.61 Å². The Morgan fingerprint density at radius 2 is 2.00 bits per heavy atom. The number of nitrogens with one attached hydrogen (secondary N) is 1. The van der Waals surface area contributed by atoms with Gasteiger partial charge in [0.2, 0.25) is 5.78 Å². The fourth-order valence-electron chi connectivity index (χ4n) is 1.15. The maximum Gasteiger partial charge on any atom is 0.471 e. The van der Waals surface area contributed by atoms with Crippen LogP contribution in [0.2, 0.25) is 0 Å². The molecule has 0 aromatic carbocycles. The predicted molar refractivity (Wildman–Crippen MR) is 58.5 cm³/mol. The number of hydrogen-bond acceptors (Lipinski definition) is 4. The number of ketones is 1. The highest BCUT2D eigenvalue weighted by Gasteiger charge is 2.41. The molecule has 1 atom stereocenters. The Morgan fingerprint density at radius 1 is 1.40 bits per heavy atom. The Bertz CT molecular complexity index is 430. The van der Waals surface area contributed by atoms with Gasteiger partial charge in [-0.3, -0.25) is 9.59 Å². The highest BCUT2D eigenvalue weighted by Crippen LogP contribution is 2.15. The first-order valence-corrected chi connectivity index (χ1v) is 5.47. The van der Waals surface area contributed by atoms with Gasteiger partial charge in [-0.1, -0.05) is 0 Å². The van der Waals surface area contributed by atoms with Crippen LogP contribution in [0, 0.1) is 0 Å². The minimum Gasteiger partial charge on any atom is -0.464 e. The lowest BCUT2D eigenvalue weighted by molar-refractivity contribution is -0.176. The van der Waals surface area contributed by atoms with Gasteiger partial charge in [-0.25, -0.2) is 4.79 Å². The molecule has 0 unspecified atom stereocenters. The van der Waals surface area contributed by atoms with Crippen LogP contribution in [0.1, 0.15) is 19.8 Å². The van der Waals surface area contributed by atoms with Crippen LogP contribution in [-0.2, 0) is 19.1 Å². The molecule has 0 saturated heterocycles. The summed E-state index contributed by atoms with van der Waals surface area (Å²) in [5, 5.41) is 1.44. The van der Waals surface area contributed by atoms with Gasteiger partial charge in [0, 0.05) is 6.42 Å². The molecular formula is C10H12F3N3O4. The van der Waals surface area contributed by atoms with E-state index in [-0.39, 0.29) is 6.61 Å². The third kappa shape index (κ3) is 6.64. The number of Topliss-reactive ketones (excluding diaryl/α,β-unsaturated/α-hetero) is 1. The van der Waals surface area contributed by atoms with Crippen LogP contribution in [0.25, 0.3) is 5.53 Å². The van der Waals surface area contributed by atoms with Gasteiger partial charge in [0.1, 0.15) is 6.04 Å².